The maximum absolute atomic E-state index is 13.4. The molecule has 2 aromatic rings. The van der Waals surface area contributed by atoms with Crippen LogP contribution in [0, 0.1) is 17.2 Å². The SMILES string of the molecule is N#Cc1ccc(N2CCC(c3ccc(N4CCN(CC5CCNCC5)CC4)cc3)CC2)cc1C(F)(F)F. The van der Waals surface area contributed by atoms with E-state index in [1.54, 1.807) is 12.1 Å². The number of benzene rings is 2. The van der Waals surface area contributed by atoms with Crippen molar-refractivity contribution in [2.75, 3.05) is 68.7 Å². The van der Waals surface area contributed by atoms with E-state index in [0.29, 0.717) is 24.7 Å². The summed E-state index contributed by atoms with van der Waals surface area (Å²) in [5.74, 6) is 1.25. The number of nitrogens with zero attached hydrogens (tertiary/aromatic N) is 4. The third-order valence-electron chi connectivity index (χ3n) is 8.37. The first-order chi connectivity index (χ1) is 17.9. The van der Waals surface area contributed by atoms with Crippen LogP contribution in [0.5, 0.6) is 0 Å². The molecule has 0 spiro atoms. The Kier molecular flexibility index (Phi) is 7.92. The molecule has 0 amide bonds. The van der Waals surface area contributed by atoms with Gasteiger partial charge in [0.2, 0.25) is 0 Å². The Morgan fingerprint density at radius 2 is 1.43 bits per heavy atom. The van der Waals surface area contributed by atoms with Crippen molar-refractivity contribution in [1.29, 1.82) is 5.26 Å². The van der Waals surface area contributed by atoms with E-state index < -0.39 is 11.7 Å². The van der Waals surface area contributed by atoms with E-state index in [9.17, 15) is 13.2 Å². The van der Waals surface area contributed by atoms with E-state index in [0.717, 1.165) is 64.1 Å². The number of piperidine rings is 2. The van der Waals surface area contributed by atoms with Gasteiger partial charge in [-0.25, -0.2) is 0 Å². The van der Waals surface area contributed by atoms with Gasteiger partial charge in [0.05, 0.1) is 17.2 Å². The van der Waals surface area contributed by atoms with Gasteiger partial charge in [-0.05, 0) is 86.5 Å². The summed E-state index contributed by atoms with van der Waals surface area (Å²) in [6.07, 6.45) is -0.141. The lowest BCUT2D eigenvalue weighted by Crippen LogP contribution is -2.48. The van der Waals surface area contributed by atoms with Crippen molar-refractivity contribution in [3.05, 3.63) is 59.2 Å². The van der Waals surface area contributed by atoms with Gasteiger partial charge in [-0.2, -0.15) is 18.4 Å². The van der Waals surface area contributed by atoms with Gasteiger partial charge < -0.3 is 15.1 Å². The highest BCUT2D eigenvalue weighted by Gasteiger charge is 2.34. The van der Waals surface area contributed by atoms with Gasteiger partial charge in [-0.1, -0.05) is 12.1 Å². The number of rotatable bonds is 5. The lowest BCUT2D eigenvalue weighted by molar-refractivity contribution is -0.137. The zero-order valence-electron chi connectivity index (χ0n) is 21.3. The fraction of sp³-hybridized carbons (Fsp3) is 0.552. The molecule has 3 heterocycles. The number of hydrogen-bond acceptors (Lipinski definition) is 5. The van der Waals surface area contributed by atoms with Crippen molar-refractivity contribution in [3.8, 4) is 6.07 Å². The molecule has 0 aromatic heterocycles. The second-order valence-electron chi connectivity index (χ2n) is 10.7. The van der Waals surface area contributed by atoms with Crippen molar-refractivity contribution in [3.63, 3.8) is 0 Å². The van der Waals surface area contributed by atoms with Gasteiger partial charge >= 0.3 is 6.18 Å². The van der Waals surface area contributed by atoms with E-state index in [2.05, 4.69) is 39.4 Å². The van der Waals surface area contributed by atoms with Crippen LogP contribution in [0.1, 0.15) is 48.3 Å². The topological polar surface area (TPSA) is 45.5 Å². The predicted molar refractivity (Wildman–Crippen MR) is 141 cm³/mol. The first kappa shape index (κ1) is 25.9. The van der Waals surface area contributed by atoms with Crippen LogP contribution < -0.4 is 15.1 Å². The summed E-state index contributed by atoms with van der Waals surface area (Å²) in [5, 5.41) is 12.5. The zero-order chi connectivity index (χ0) is 25.8. The molecule has 37 heavy (non-hydrogen) atoms. The van der Waals surface area contributed by atoms with Gasteiger partial charge in [-0.3, -0.25) is 4.90 Å². The van der Waals surface area contributed by atoms with Crippen LogP contribution in [-0.4, -0.2) is 63.8 Å². The monoisotopic (exact) mass is 511 g/mol. The smallest absolute Gasteiger partial charge is 0.371 e. The Labute approximate surface area is 217 Å². The Balaban J connectivity index is 1.13. The first-order valence-corrected chi connectivity index (χ1v) is 13.5. The van der Waals surface area contributed by atoms with Gasteiger partial charge in [0, 0.05) is 57.2 Å². The van der Waals surface area contributed by atoms with E-state index in [1.165, 1.54) is 36.7 Å². The number of halogens is 3. The maximum atomic E-state index is 13.4. The van der Waals surface area contributed by atoms with Crippen LogP contribution in [0.3, 0.4) is 0 Å². The van der Waals surface area contributed by atoms with Crippen molar-refractivity contribution >= 4 is 11.4 Å². The van der Waals surface area contributed by atoms with Crippen molar-refractivity contribution in [1.82, 2.24) is 10.2 Å². The molecule has 0 saturated carbocycles. The normalized spacial score (nSPS) is 20.7. The number of alkyl halides is 3. The molecule has 1 N–H and O–H groups in total. The standard InChI is InChI=1S/C29H36F3N5/c30-29(31,32)28-19-27(6-3-25(28)20-33)36-13-9-24(10-14-36)23-1-4-26(5-2-23)37-17-15-35(16-18-37)21-22-7-11-34-12-8-22/h1-6,19,22,24,34H,7-18,21H2. The van der Waals surface area contributed by atoms with Crippen LogP contribution in [0.15, 0.2) is 42.5 Å². The maximum Gasteiger partial charge on any atom is 0.417 e. The zero-order valence-corrected chi connectivity index (χ0v) is 21.3. The molecule has 0 aliphatic carbocycles. The number of piperazine rings is 1. The number of nitrogens with one attached hydrogen (secondary N) is 1. The minimum atomic E-state index is -4.53. The second-order valence-corrected chi connectivity index (χ2v) is 10.7. The minimum Gasteiger partial charge on any atom is -0.371 e. The van der Waals surface area contributed by atoms with Crippen LogP contribution in [0.2, 0.25) is 0 Å². The number of hydrogen-bond donors (Lipinski definition) is 1. The van der Waals surface area contributed by atoms with Crippen LogP contribution in [0.4, 0.5) is 24.5 Å². The van der Waals surface area contributed by atoms with E-state index in [-0.39, 0.29) is 5.56 Å². The molecule has 0 bridgehead atoms. The Hall–Kier alpha value is -2.76. The quantitative estimate of drug-likeness (QED) is 0.607. The molecular weight excluding hydrogens is 475 g/mol. The molecule has 0 unspecified atom stereocenters. The van der Waals surface area contributed by atoms with E-state index in [1.807, 2.05) is 4.90 Å². The molecule has 3 aliphatic rings. The Morgan fingerprint density at radius 3 is 2.05 bits per heavy atom. The largest absolute Gasteiger partial charge is 0.417 e. The molecule has 5 nitrogen and oxygen atoms in total. The average molecular weight is 512 g/mol. The molecular formula is C29H36F3N5. The number of nitriles is 1. The third-order valence-corrected chi connectivity index (χ3v) is 8.37. The summed E-state index contributed by atoms with van der Waals surface area (Å²) in [7, 11) is 0. The summed E-state index contributed by atoms with van der Waals surface area (Å²) in [5.41, 5.74) is 1.95. The molecule has 8 heteroatoms. The van der Waals surface area contributed by atoms with Crippen molar-refractivity contribution in [2.24, 2.45) is 5.92 Å². The van der Waals surface area contributed by atoms with Crippen LogP contribution in [0.25, 0.3) is 0 Å². The molecule has 5 rings (SSSR count). The lowest BCUT2D eigenvalue weighted by atomic mass is 9.89. The lowest BCUT2D eigenvalue weighted by Gasteiger charge is -2.38. The summed E-state index contributed by atoms with van der Waals surface area (Å²) >= 11 is 0. The molecule has 3 saturated heterocycles. The van der Waals surface area contributed by atoms with Gasteiger partial charge in [0.15, 0.2) is 0 Å². The molecule has 2 aromatic carbocycles. The molecule has 3 fully saturated rings. The second kappa shape index (κ2) is 11.3. The molecule has 3 aliphatic heterocycles. The first-order valence-electron chi connectivity index (χ1n) is 13.5. The molecule has 198 valence electrons. The summed E-state index contributed by atoms with van der Waals surface area (Å²) in [4.78, 5) is 7.11. The van der Waals surface area contributed by atoms with Gasteiger partial charge in [-0.15, -0.1) is 0 Å². The van der Waals surface area contributed by atoms with Gasteiger partial charge in [0.25, 0.3) is 0 Å². The number of anilines is 2. The third kappa shape index (κ3) is 6.22. The fourth-order valence-electron chi connectivity index (χ4n) is 6.11. The molecule has 0 atom stereocenters. The summed E-state index contributed by atoms with van der Waals surface area (Å²) < 4.78 is 40.1. The predicted octanol–water partition coefficient (Wildman–Crippen LogP) is 5.08. The highest BCUT2D eigenvalue weighted by Crippen LogP contribution is 2.36. The highest BCUT2D eigenvalue weighted by atomic mass is 19.4. The van der Waals surface area contributed by atoms with Crippen LogP contribution in [-0.2, 0) is 6.18 Å². The van der Waals surface area contributed by atoms with E-state index in [4.69, 9.17) is 5.26 Å². The van der Waals surface area contributed by atoms with Crippen LogP contribution >= 0.6 is 0 Å². The summed E-state index contributed by atoms with van der Waals surface area (Å²) in [6.45, 7) is 9.32. The van der Waals surface area contributed by atoms with Crippen molar-refractivity contribution in [2.45, 2.75) is 37.8 Å². The minimum absolute atomic E-state index is 0.325. The van der Waals surface area contributed by atoms with Crippen molar-refractivity contribution < 1.29 is 13.2 Å². The average Bonchev–Trinajstić information content (AvgIpc) is 2.93. The highest BCUT2D eigenvalue weighted by molar-refractivity contribution is 5.55. The Morgan fingerprint density at radius 1 is 0.811 bits per heavy atom. The molecule has 0 radical (unpaired) electrons. The Bertz CT molecular complexity index is 1070. The fourth-order valence-corrected chi connectivity index (χ4v) is 6.11. The van der Waals surface area contributed by atoms with Gasteiger partial charge in [0.1, 0.15) is 0 Å². The van der Waals surface area contributed by atoms with E-state index >= 15 is 0 Å². The summed E-state index contributed by atoms with van der Waals surface area (Å²) in [6, 6.07) is 14.7.